The second-order valence-electron chi connectivity index (χ2n) is 5.59. The first kappa shape index (κ1) is 15.8. The minimum absolute atomic E-state index is 0.0403. The Morgan fingerprint density at radius 2 is 1.62 bits per heavy atom. The van der Waals surface area contributed by atoms with E-state index < -0.39 is 0 Å². The Morgan fingerprint density at radius 3 is 2.25 bits per heavy atom. The Bertz CT molecular complexity index is 806. The van der Waals surface area contributed by atoms with Crippen LogP contribution in [0.5, 0.6) is 0 Å². The molecule has 3 rings (SSSR count). The van der Waals surface area contributed by atoms with Gasteiger partial charge in [-0.3, -0.25) is 4.79 Å². The van der Waals surface area contributed by atoms with Gasteiger partial charge in [0.1, 0.15) is 5.76 Å². The molecule has 2 aromatic carbocycles. The van der Waals surface area contributed by atoms with E-state index in [2.05, 4.69) is 0 Å². The first-order chi connectivity index (χ1) is 11.7. The van der Waals surface area contributed by atoms with Crippen molar-refractivity contribution in [2.24, 2.45) is 0 Å². The lowest BCUT2D eigenvalue weighted by Crippen LogP contribution is -2.27. The SMILES string of the molecule is CN(Cc1ccccc1)C(=O)/C(=C/c1ccco1)c1ccccc1. The van der Waals surface area contributed by atoms with E-state index in [0.29, 0.717) is 17.9 Å². The second-order valence-corrected chi connectivity index (χ2v) is 5.59. The number of rotatable bonds is 5. The van der Waals surface area contributed by atoms with Gasteiger partial charge in [0.25, 0.3) is 5.91 Å². The van der Waals surface area contributed by atoms with Gasteiger partial charge >= 0.3 is 0 Å². The van der Waals surface area contributed by atoms with Crippen molar-refractivity contribution in [2.75, 3.05) is 7.05 Å². The molecule has 3 aromatic rings. The molecule has 0 atom stereocenters. The highest BCUT2D eigenvalue weighted by Gasteiger charge is 2.17. The fourth-order valence-corrected chi connectivity index (χ4v) is 2.54. The largest absolute Gasteiger partial charge is 0.465 e. The van der Waals surface area contributed by atoms with Crippen molar-refractivity contribution in [1.82, 2.24) is 4.90 Å². The Morgan fingerprint density at radius 1 is 0.958 bits per heavy atom. The molecule has 24 heavy (non-hydrogen) atoms. The summed E-state index contributed by atoms with van der Waals surface area (Å²) in [4.78, 5) is 14.7. The van der Waals surface area contributed by atoms with Crippen molar-refractivity contribution in [1.29, 1.82) is 0 Å². The average Bonchev–Trinajstić information content (AvgIpc) is 3.14. The van der Waals surface area contributed by atoms with Gasteiger partial charge in [0.05, 0.1) is 11.8 Å². The number of furan rings is 1. The molecule has 120 valence electrons. The maximum absolute atomic E-state index is 13.0. The minimum Gasteiger partial charge on any atom is -0.465 e. The predicted octanol–water partition coefficient (Wildman–Crippen LogP) is 4.48. The van der Waals surface area contributed by atoms with Crippen LogP contribution in [0, 0.1) is 0 Å². The van der Waals surface area contributed by atoms with Crippen LogP contribution >= 0.6 is 0 Å². The number of amides is 1. The van der Waals surface area contributed by atoms with Crippen molar-refractivity contribution in [3.05, 3.63) is 95.9 Å². The van der Waals surface area contributed by atoms with Gasteiger partial charge in [-0.15, -0.1) is 0 Å². The van der Waals surface area contributed by atoms with E-state index in [1.54, 1.807) is 17.2 Å². The standard InChI is InChI=1S/C21H19NO2/c1-22(16-17-9-4-2-5-10-17)21(23)20(15-19-13-8-14-24-19)18-11-6-3-7-12-18/h2-15H,16H2,1H3/b20-15+. The van der Waals surface area contributed by atoms with Crippen LogP contribution in [0.2, 0.25) is 0 Å². The quantitative estimate of drug-likeness (QED) is 0.650. The summed E-state index contributed by atoms with van der Waals surface area (Å²) in [6.07, 6.45) is 3.39. The van der Waals surface area contributed by atoms with Crippen LogP contribution in [0.1, 0.15) is 16.9 Å². The number of nitrogens with zero attached hydrogens (tertiary/aromatic N) is 1. The monoisotopic (exact) mass is 317 g/mol. The molecular weight excluding hydrogens is 298 g/mol. The molecule has 0 saturated heterocycles. The number of hydrogen-bond acceptors (Lipinski definition) is 2. The van der Waals surface area contributed by atoms with Crippen molar-refractivity contribution < 1.29 is 9.21 Å². The number of carbonyl (C=O) groups is 1. The molecule has 0 aliphatic heterocycles. The minimum atomic E-state index is -0.0403. The number of hydrogen-bond donors (Lipinski definition) is 0. The third-order valence-corrected chi connectivity index (χ3v) is 3.75. The molecule has 0 aliphatic carbocycles. The highest BCUT2D eigenvalue weighted by molar-refractivity contribution is 6.23. The van der Waals surface area contributed by atoms with Crippen LogP contribution in [0.3, 0.4) is 0 Å². The summed E-state index contributed by atoms with van der Waals surface area (Å²) in [7, 11) is 1.81. The molecule has 0 saturated carbocycles. The summed E-state index contributed by atoms with van der Waals surface area (Å²) in [5.41, 5.74) is 2.58. The zero-order chi connectivity index (χ0) is 16.8. The maximum Gasteiger partial charge on any atom is 0.254 e. The Balaban J connectivity index is 1.89. The van der Waals surface area contributed by atoms with E-state index in [1.807, 2.05) is 79.8 Å². The van der Waals surface area contributed by atoms with Crippen molar-refractivity contribution >= 4 is 17.6 Å². The predicted molar refractivity (Wildman–Crippen MR) is 95.9 cm³/mol. The summed E-state index contributed by atoms with van der Waals surface area (Å²) in [5.74, 6) is 0.622. The molecular formula is C21H19NO2. The van der Waals surface area contributed by atoms with Crippen LogP contribution < -0.4 is 0 Å². The zero-order valence-corrected chi connectivity index (χ0v) is 13.6. The molecule has 0 radical (unpaired) electrons. The summed E-state index contributed by atoms with van der Waals surface area (Å²) in [5, 5.41) is 0. The van der Waals surface area contributed by atoms with Gasteiger partial charge in [-0.1, -0.05) is 60.7 Å². The van der Waals surface area contributed by atoms with Crippen LogP contribution in [-0.4, -0.2) is 17.9 Å². The van der Waals surface area contributed by atoms with Gasteiger partial charge in [0.15, 0.2) is 0 Å². The highest BCUT2D eigenvalue weighted by Crippen LogP contribution is 2.21. The fourth-order valence-electron chi connectivity index (χ4n) is 2.54. The average molecular weight is 317 g/mol. The molecule has 0 spiro atoms. The van der Waals surface area contributed by atoms with Gasteiger partial charge in [-0.05, 0) is 29.3 Å². The molecule has 0 fully saturated rings. The Labute approximate surface area is 141 Å². The molecule has 0 N–H and O–H groups in total. The lowest BCUT2D eigenvalue weighted by molar-refractivity contribution is -0.124. The second kappa shape index (κ2) is 7.47. The van der Waals surface area contributed by atoms with Gasteiger partial charge in [0, 0.05) is 13.6 Å². The van der Waals surface area contributed by atoms with Crippen LogP contribution in [0.15, 0.2) is 83.5 Å². The lowest BCUT2D eigenvalue weighted by atomic mass is 10.0. The molecule has 0 bridgehead atoms. The van der Waals surface area contributed by atoms with E-state index >= 15 is 0 Å². The van der Waals surface area contributed by atoms with Gasteiger partial charge < -0.3 is 9.32 Å². The third kappa shape index (κ3) is 3.82. The molecule has 3 nitrogen and oxygen atoms in total. The smallest absolute Gasteiger partial charge is 0.254 e. The zero-order valence-electron chi connectivity index (χ0n) is 13.6. The molecule has 1 amide bonds. The fraction of sp³-hybridized carbons (Fsp3) is 0.0952. The molecule has 1 heterocycles. The van der Waals surface area contributed by atoms with E-state index in [9.17, 15) is 4.79 Å². The van der Waals surface area contributed by atoms with Crippen molar-refractivity contribution in [2.45, 2.75) is 6.54 Å². The van der Waals surface area contributed by atoms with Gasteiger partial charge in [-0.2, -0.15) is 0 Å². The molecule has 0 unspecified atom stereocenters. The number of benzene rings is 2. The van der Waals surface area contributed by atoms with E-state index in [0.717, 1.165) is 11.1 Å². The third-order valence-electron chi connectivity index (χ3n) is 3.75. The molecule has 1 aromatic heterocycles. The van der Waals surface area contributed by atoms with Crippen molar-refractivity contribution in [3.8, 4) is 0 Å². The summed E-state index contributed by atoms with van der Waals surface area (Å²) in [6.45, 7) is 0.558. The van der Waals surface area contributed by atoms with Crippen LogP contribution in [0.25, 0.3) is 11.6 Å². The molecule has 0 aliphatic rings. The first-order valence-corrected chi connectivity index (χ1v) is 7.84. The summed E-state index contributed by atoms with van der Waals surface area (Å²) in [6, 6.07) is 23.3. The maximum atomic E-state index is 13.0. The topological polar surface area (TPSA) is 33.5 Å². The van der Waals surface area contributed by atoms with Crippen molar-refractivity contribution in [3.63, 3.8) is 0 Å². The number of likely N-dealkylation sites (N-methyl/N-ethyl adjacent to an activating group) is 1. The number of carbonyl (C=O) groups excluding carboxylic acids is 1. The summed E-state index contributed by atoms with van der Waals surface area (Å²) < 4.78 is 5.39. The van der Waals surface area contributed by atoms with Gasteiger partial charge in [0.2, 0.25) is 0 Å². The van der Waals surface area contributed by atoms with Gasteiger partial charge in [-0.25, -0.2) is 0 Å². The van der Waals surface area contributed by atoms with E-state index in [1.165, 1.54) is 0 Å². The highest BCUT2D eigenvalue weighted by atomic mass is 16.3. The lowest BCUT2D eigenvalue weighted by Gasteiger charge is -2.19. The van der Waals surface area contributed by atoms with Crippen LogP contribution in [-0.2, 0) is 11.3 Å². The normalized spacial score (nSPS) is 11.3. The van der Waals surface area contributed by atoms with E-state index in [4.69, 9.17) is 4.42 Å². The van der Waals surface area contributed by atoms with Crippen LogP contribution in [0.4, 0.5) is 0 Å². The molecule has 3 heteroatoms. The summed E-state index contributed by atoms with van der Waals surface area (Å²) >= 11 is 0. The van der Waals surface area contributed by atoms with E-state index in [-0.39, 0.29) is 5.91 Å². The Hall–Kier alpha value is -3.07. The Kier molecular flexibility index (Phi) is 4.92. The first-order valence-electron chi connectivity index (χ1n) is 7.84.